The molecule has 0 amide bonds. The summed E-state index contributed by atoms with van der Waals surface area (Å²) in [5.41, 5.74) is 0.665. The molecule has 1 heterocycles. The van der Waals surface area contributed by atoms with Gasteiger partial charge in [-0.3, -0.25) is 4.90 Å². The molecule has 0 bridgehead atoms. The van der Waals surface area contributed by atoms with Crippen molar-refractivity contribution in [3.05, 3.63) is 33.8 Å². The fourth-order valence-corrected chi connectivity index (χ4v) is 3.12. The molecule has 2 rings (SSSR count). The number of aliphatic hydroxyl groups is 1. The minimum absolute atomic E-state index is 0.189. The molecule has 0 aliphatic carbocycles. The summed E-state index contributed by atoms with van der Waals surface area (Å²) < 4.78 is 4.94. The summed E-state index contributed by atoms with van der Waals surface area (Å²) in [5.74, 6) is -0.0454. The van der Waals surface area contributed by atoms with E-state index < -0.39 is 6.04 Å². The molecule has 1 aromatic carbocycles. The van der Waals surface area contributed by atoms with Crippen LogP contribution in [0.1, 0.15) is 24.4 Å². The van der Waals surface area contributed by atoms with Crippen LogP contribution in [0.25, 0.3) is 0 Å². The van der Waals surface area contributed by atoms with Gasteiger partial charge < -0.3 is 9.84 Å². The van der Waals surface area contributed by atoms with Gasteiger partial charge >= 0.3 is 5.97 Å². The smallest absolute Gasteiger partial charge is 0.327 e. The van der Waals surface area contributed by atoms with E-state index in [-0.39, 0.29) is 12.6 Å². The number of carbonyl (C=O) groups is 1. The van der Waals surface area contributed by atoms with Gasteiger partial charge in [0, 0.05) is 12.2 Å². The molecule has 116 valence electrons. The van der Waals surface area contributed by atoms with Gasteiger partial charge in [0.25, 0.3) is 0 Å². The number of piperidine rings is 1. The molecular formula is C15H19Cl2NO3. The van der Waals surface area contributed by atoms with Crippen molar-refractivity contribution in [2.75, 3.05) is 26.8 Å². The van der Waals surface area contributed by atoms with E-state index in [2.05, 4.69) is 0 Å². The molecule has 0 saturated carbocycles. The number of ether oxygens (including phenoxy) is 1. The molecular weight excluding hydrogens is 313 g/mol. The number of rotatable bonds is 4. The van der Waals surface area contributed by atoms with Crippen LogP contribution in [-0.2, 0) is 9.53 Å². The van der Waals surface area contributed by atoms with Crippen molar-refractivity contribution < 1.29 is 14.6 Å². The van der Waals surface area contributed by atoms with Gasteiger partial charge in [-0.2, -0.15) is 0 Å². The van der Waals surface area contributed by atoms with Crippen molar-refractivity contribution in [2.24, 2.45) is 5.92 Å². The van der Waals surface area contributed by atoms with Crippen molar-refractivity contribution in [1.29, 1.82) is 0 Å². The van der Waals surface area contributed by atoms with Gasteiger partial charge in [0.1, 0.15) is 6.04 Å². The van der Waals surface area contributed by atoms with E-state index in [9.17, 15) is 9.90 Å². The first-order valence-electron chi connectivity index (χ1n) is 6.95. The summed E-state index contributed by atoms with van der Waals surface area (Å²) >= 11 is 12.3. The Kier molecular flexibility index (Phi) is 5.88. The van der Waals surface area contributed by atoms with Crippen molar-refractivity contribution in [3.63, 3.8) is 0 Å². The lowest BCUT2D eigenvalue weighted by Crippen LogP contribution is -2.41. The Morgan fingerprint density at radius 1 is 1.43 bits per heavy atom. The second-order valence-electron chi connectivity index (χ2n) is 5.23. The van der Waals surface area contributed by atoms with Crippen LogP contribution >= 0.6 is 23.2 Å². The number of nitrogens with zero attached hydrogens (tertiary/aromatic N) is 1. The van der Waals surface area contributed by atoms with Crippen LogP contribution in [0.5, 0.6) is 0 Å². The number of methoxy groups -OCH3 is 1. The summed E-state index contributed by atoms with van der Waals surface area (Å²) in [6.07, 6.45) is 1.70. The molecule has 1 atom stereocenters. The summed E-state index contributed by atoms with van der Waals surface area (Å²) in [4.78, 5) is 14.2. The lowest BCUT2D eigenvalue weighted by molar-refractivity contribution is -0.148. The zero-order valence-corrected chi connectivity index (χ0v) is 13.4. The van der Waals surface area contributed by atoms with Crippen LogP contribution in [0.3, 0.4) is 0 Å². The lowest BCUT2D eigenvalue weighted by Gasteiger charge is -2.36. The SMILES string of the molecule is COC(=O)[C@H](c1cccc(Cl)c1Cl)N1CCC(CO)CC1. The van der Waals surface area contributed by atoms with Gasteiger partial charge in [-0.25, -0.2) is 4.79 Å². The maximum atomic E-state index is 12.2. The highest BCUT2D eigenvalue weighted by atomic mass is 35.5. The molecule has 0 unspecified atom stereocenters. The van der Waals surface area contributed by atoms with Gasteiger partial charge in [-0.15, -0.1) is 0 Å². The molecule has 4 nitrogen and oxygen atoms in total. The zero-order chi connectivity index (χ0) is 15.4. The van der Waals surface area contributed by atoms with Crippen molar-refractivity contribution in [2.45, 2.75) is 18.9 Å². The van der Waals surface area contributed by atoms with E-state index in [1.54, 1.807) is 18.2 Å². The Balaban J connectivity index is 2.27. The van der Waals surface area contributed by atoms with Gasteiger partial charge in [-0.05, 0) is 37.9 Å². The average Bonchev–Trinajstić information content (AvgIpc) is 2.52. The number of likely N-dealkylation sites (tertiary alicyclic amines) is 1. The summed E-state index contributed by atoms with van der Waals surface area (Å²) in [6, 6.07) is 4.72. The first kappa shape index (κ1) is 16.6. The molecule has 0 radical (unpaired) electrons. The predicted octanol–water partition coefficient (Wildman–Crippen LogP) is 2.91. The molecule has 1 aliphatic heterocycles. The number of esters is 1. The third-order valence-electron chi connectivity index (χ3n) is 3.97. The highest BCUT2D eigenvalue weighted by molar-refractivity contribution is 6.42. The minimum atomic E-state index is -0.555. The van der Waals surface area contributed by atoms with Gasteiger partial charge in [0.2, 0.25) is 0 Å². The Morgan fingerprint density at radius 2 is 2.10 bits per heavy atom. The Morgan fingerprint density at radius 3 is 2.67 bits per heavy atom. The molecule has 1 saturated heterocycles. The Bertz CT molecular complexity index is 502. The fourth-order valence-electron chi connectivity index (χ4n) is 2.71. The maximum Gasteiger partial charge on any atom is 0.327 e. The summed E-state index contributed by atoms with van der Waals surface area (Å²) in [5, 5.41) is 10.0. The van der Waals surface area contributed by atoms with Crippen LogP contribution in [0.2, 0.25) is 10.0 Å². The number of halogens is 2. The lowest BCUT2D eigenvalue weighted by atomic mass is 9.95. The molecule has 1 aromatic rings. The van der Waals surface area contributed by atoms with Crippen molar-refractivity contribution >= 4 is 29.2 Å². The topological polar surface area (TPSA) is 49.8 Å². The normalized spacial score (nSPS) is 18.5. The Labute approximate surface area is 134 Å². The average molecular weight is 332 g/mol. The molecule has 0 spiro atoms. The fraction of sp³-hybridized carbons (Fsp3) is 0.533. The molecule has 1 N–H and O–H groups in total. The second kappa shape index (κ2) is 7.45. The molecule has 21 heavy (non-hydrogen) atoms. The van der Waals surface area contributed by atoms with Crippen LogP contribution in [0.4, 0.5) is 0 Å². The van der Waals surface area contributed by atoms with Crippen LogP contribution < -0.4 is 0 Å². The number of hydrogen-bond donors (Lipinski definition) is 1. The van der Waals surface area contributed by atoms with E-state index in [0.717, 1.165) is 12.8 Å². The van der Waals surface area contributed by atoms with Gasteiger partial charge in [0.15, 0.2) is 0 Å². The largest absolute Gasteiger partial charge is 0.468 e. The summed E-state index contributed by atoms with van der Waals surface area (Å²) in [7, 11) is 1.37. The van der Waals surface area contributed by atoms with Crippen LogP contribution in [0, 0.1) is 5.92 Å². The highest BCUT2D eigenvalue weighted by Crippen LogP contribution is 2.35. The minimum Gasteiger partial charge on any atom is -0.468 e. The number of aliphatic hydroxyl groups excluding tert-OH is 1. The zero-order valence-electron chi connectivity index (χ0n) is 11.9. The van der Waals surface area contributed by atoms with E-state index in [1.807, 2.05) is 4.90 Å². The first-order valence-corrected chi connectivity index (χ1v) is 7.70. The Hall–Kier alpha value is -0.810. The quantitative estimate of drug-likeness (QED) is 0.862. The van der Waals surface area contributed by atoms with E-state index >= 15 is 0 Å². The van der Waals surface area contributed by atoms with Gasteiger partial charge in [-0.1, -0.05) is 35.3 Å². The number of benzene rings is 1. The van der Waals surface area contributed by atoms with Crippen molar-refractivity contribution in [3.8, 4) is 0 Å². The van der Waals surface area contributed by atoms with E-state index in [0.29, 0.717) is 34.6 Å². The second-order valence-corrected chi connectivity index (χ2v) is 6.02. The number of carbonyl (C=O) groups excluding carboxylic acids is 1. The third-order valence-corrected chi connectivity index (χ3v) is 4.81. The van der Waals surface area contributed by atoms with Gasteiger partial charge in [0.05, 0.1) is 17.2 Å². The first-order chi connectivity index (χ1) is 10.1. The highest BCUT2D eigenvalue weighted by Gasteiger charge is 2.33. The molecule has 0 aromatic heterocycles. The van der Waals surface area contributed by atoms with E-state index in [1.165, 1.54) is 7.11 Å². The molecule has 1 aliphatic rings. The summed E-state index contributed by atoms with van der Waals surface area (Å²) in [6.45, 7) is 1.62. The molecule has 1 fully saturated rings. The maximum absolute atomic E-state index is 12.2. The predicted molar refractivity (Wildman–Crippen MR) is 82.6 cm³/mol. The molecule has 6 heteroatoms. The van der Waals surface area contributed by atoms with Crippen molar-refractivity contribution in [1.82, 2.24) is 4.90 Å². The standard InChI is InChI=1S/C15H19Cl2NO3/c1-21-15(20)14(11-3-2-4-12(16)13(11)17)18-7-5-10(9-19)6-8-18/h2-4,10,14,19H,5-9H2,1H3/t14-/m0/s1. The van der Waals surface area contributed by atoms with E-state index in [4.69, 9.17) is 27.9 Å². The number of hydrogen-bond acceptors (Lipinski definition) is 4. The monoisotopic (exact) mass is 331 g/mol. The van der Waals surface area contributed by atoms with Crippen LogP contribution in [0.15, 0.2) is 18.2 Å². The van der Waals surface area contributed by atoms with Crippen LogP contribution in [-0.4, -0.2) is 42.8 Å². The third kappa shape index (κ3) is 3.69.